The van der Waals surface area contributed by atoms with E-state index in [1.165, 1.54) is 12.0 Å². The van der Waals surface area contributed by atoms with Crippen LogP contribution >= 0.6 is 0 Å². The summed E-state index contributed by atoms with van der Waals surface area (Å²) < 4.78 is 41.9. The van der Waals surface area contributed by atoms with Gasteiger partial charge in [-0.2, -0.15) is 13.2 Å². The smallest absolute Gasteiger partial charge is 0.385 e. The van der Waals surface area contributed by atoms with Gasteiger partial charge in [0.25, 0.3) is 0 Å². The average Bonchev–Trinajstić information content (AvgIpc) is 2.34. The zero-order valence-corrected chi connectivity index (χ0v) is 10.2. The molecule has 0 aromatic rings. The van der Waals surface area contributed by atoms with Crippen LogP contribution in [0.25, 0.3) is 0 Å². The van der Waals surface area contributed by atoms with Gasteiger partial charge < -0.3 is 15.4 Å². The van der Waals surface area contributed by atoms with Gasteiger partial charge in [0.2, 0.25) is 5.91 Å². The summed E-state index contributed by atoms with van der Waals surface area (Å²) >= 11 is 0. The second-order valence-corrected chi connectivity index (χ2v) is 4.15. The normalized spacial score (nSPS) is 18.5. The molecule has 1 amide bonds. The molecule has 0 radical (unpaired) electrons. The maximum Gasteiger partial charge on any atom is 0.412 e. The third-order valence-electron chi connectivity index (χ3n) is 2.84. The molecule has 1 atom stereocenters. The highest BCUT2D eigenvalue weighted by Crippen LogP contribution is 2.30. The zero-order chi connectivity index (χ0) is 13.8. The third-order valence-corrected chi connectivity index (χ3v) is 2.84. The fourth-order valence-corrected chi connectivity index (χ4v) is 1.73. The lowest BCUT2D eigenvalue weighted by Crippen LogP contribution is -2.46. The second kappa shape index (κ2) is 6.19. The second-order valence-electron chi connectivity index (χ2n) is 4.15. The van der Waals surface area contributed by atoms with E-state index >= 15 is 0 Å². The van der Waals surface area contributed by atoms with E-state index in [0.29, 0.717) is 13.0 Å². The molecule has 0 saturated heterocycles. The van der Waals surface area contributed by atoms with Crippen LogP contribution in [0, 0.1) is 0 Å². The predicted octanol–water partition coefficient (Wildman–Crippen LogP) is 1.07. The van der Waals surface area contributed by atoms with Gasteiger partial charge in [0.05, 0.1) is 6.04 Å². The fourth-order valence-electron chi connectivity index (χ4n) is 1.73. The summed E-state index contributed by atoms with van der Waals surface area (Å²) in [5.41, 5.74) is 5.07. The Kier molecular flexibility index (Phi) is 5.15. The number of rotatable bonds is 4. The Hall–Kier alpha value is -1.08. The maximum absolute atomic E-state index is 12.4. The Morgan fingerprint density at radius 3 is 2.72 bits per heavy atom. The van der Waals surface area contributed by atoms with Crippen LogP contribution in [-0.2, 0) is 9.53 Å². The summed E-state index contributed by atoms with van der Waals surface area (Å²) in [5.74, 6) is -0.329. The third kappa shape index (κ3) is 3.99. The number of nitrogens with two attached hydrogens (primary N) is 1. The van der Waals surface area contributed by atoms with Crippen molar-refractivity contribution in [3.05, 3.63) is 11.6 Å². The molecule has 2 N–H and O–H groups in total. The minimum Gasteiger partial charge on any atom is -0.385 e. The molecule has 0 aromatic heterocycles. The molecule has 0 spiro atoms. The molecule has 7 heteroatoms. The molecule has 0 bridgehead atoms. The molecule has 1 aliphatic rings. The summed E-state index contributed by atoms with van der Waals surface area (Å²) in [6, 6.07) is -0.717. The summed E-state index contributed by atoms with van der Waals surface area (Å²) in [6.07, 6.45) is -3.06. The Bertz CT molecular complexity index is 329. The van der Waals surface area contributed by atoms with Crippen LogP contribution in [0.15, 0.2) is 11.6 Å². The number of carbonyl (C=O) groups is 1. The number of carbonyl (C=O) groups excluding carboxylic acids is 1. The topological polar surface area (TPSA) is 55.6 Å². The number of ether oxygens (including phenoxy) is 1. The first kappa shape index (κ1) is 15.0. The molecule has 4 nitrogen and oxygen atoms in total. The number of alkyl halides is 3. The van der Waals surface area contributed by atoms with Gasteiger partial charge in [-0.25, -0.2) is 0 Å². The first-order valence-electron chi connectivity index (χ1n) is 5.65. The van der Waals surface area contributed by atoms with Gasteiger partial charge in [-0.1, -0.05) is 6.08 Å². The van der Waals surface area contributed by atoms with Crippen molar-refractivity contribution < 1.29 is 22.7 Å². The molecule has 1 heterocycles. The maximum atomic E-state index is 12.4. The van der Waals surface area contributed by atoms with Crippen LogP contribution in [-0.4, -0.2) is 49.8 Å². The van der Waals surface area contributed by atoms with Crippen LogP contribution in [0.1, 0.15) is 12.8 Å². The van der Waals surface area contributed by atoms with Crippen LogP contribution in [0.2, 0.25) is 0 Å². The van der Waals surface area contributed by atoms with Crippen molar-refractivity contribution in [3.63, 3.8) is 0 Å². The minimum atomic E-state index is -4.30. The number of hydrogen-bond acceptors (Lipinski definition) is 3. The minimum absolute atomic E-state index is 0.0334. The van der Waals surface area contributed by atoms with Crippen LogP contribution in [0.3, 0.4) is 0 Å². The van der Waals surface area contributed by atoms with Crippen LogP contribution in [0.5, 0.6) is 0 Å². The molecule has 0 fully saturated rings. The zero-order valence-electron chi connectivity index (χ0n) is 10.2. The van der Waals surface area contributed by atoms with Gasteiger partial charge in [-0.3, -0.25) is 4.79 Å². The molecule has 1 aliphatic heterocycles. The molecule has 104 valence electrons. The largest absolute Gasteiger partial charge is 0.412 e. The van der Waals surface area contributed by atoms with Crippen molar-refractivity contribution in [3.8, 4) is 0 Å². The Morgan fingerprint density at radius 2 is 2.28 bits per heavy atom. The van der Waals surface area contributed by atoms with Crippen molar-refractivity contribution >= 4 is 5.91 Å². The Morgan fingerprint density at radius 1 is 1.61 bits per heavy atom. The quantitative estimate of drug-likeness (QED) is 0.774. The lowest BCUT2D eigenvalue weighted by Gasteiger charge is -2.29. The van der Waals surface area contributed by atoms with Crippen LogP contribution in [0.4, 0.5) is 13.2 Å². The van der Waals surface area contributed by atoms with Crippen molar-refractivity contribution in [2.24, 2.45) is 5.73 Å². The lowest BCUT2D eigenvalue weighted by atomic mass is 10.1. The summed E-state index contributed by atoms with van der Waals surface area (Å²) in [5, 5.41) is 0. The first-order chi connectivity index (χ1) is 8.36. The van der Waals surface area contributed by atoms with Gasteiger partial charge >= 0.3 is 6.18 Å². The van der Waals surface area contributed by atoms with Gasteiger partial charge in [0.1, 0.15) is 0 Å². The Labute approximate surface area is 104 Å². The highest BCUT2D eigenvalue weighted by molar-refractivity contribution is 5.82. The van der Waals surface area contributed by atoms with Crippen LogP contribution < -0.4 is 5.73 Å². The monoisotopic (exact) mass is 266 g/mol. The molecule has 0 aliphatic carbocycles. The van der Waals surface area contributed by atoms with E-state index in [4.69, 9.17) is 10.5 Å². The molecular formula is C11H17F3N2O2. The average molecular weight is 266 g/mol. The van der Waals surface area contributed by atoms with Crippen molar-refractivity contribution in [2.75, 3.05) is 26.8 Å². The van der Waals surface area contributed by atoms with E-state index in [1.807, 2.05) is 0 Å². The summed E-state index contributed by atoms with van der Waals surface area (Å²) in [4.78, 5) is 13.1. The van der Waals surface area contributed by atoms with E-state index in [-0.39, 0.29) is 25.4 Å². The summed E-state index contributed by atoms with van der Waals surface area (Å²) in [6.45, 7) is 0.379. The number of halogens is 3. The number of methoxy groups -OCH3 is 1. The summed E-state index contributed by atoms with van der Waals surface area (Å²) in [7, 11) is 1.50. The molecular weight excluding hydrogens is 249 g/mol. The lowest BCUT2D eigenvalue weighted by molar-refractivity contribution is -0.133. The molecule has 0 aromatic carbocycles. The van der Waals surface area contributed by atoms with Gasteiger partial charge in [-0.15, -0.1) is 0 Å². The van der Waals surface area contributed by atoms with E-state index in [1.54, 1.807) is 0 Å². The van der Waals surface area contributed by atoms with Crippen molar-refractivity contribution in [2.45, 2.75) is 25.1 Å². The van der Waals surface area contributed by atoms with Gasteiger partial charge in [-0.05, 0) is 12.8 Å². The molecule has 1 rings (SSSR count). The highest BCUT2D eigenvalue weighted by atomic mass is 19.4. The molecule has 0 saturated carbocycles. The molecule has 1 unspecified atom stereocenters. The SMILES string of the molecule is COCCC(N)C(=O)N1CC=C(C(F)(F)F)CC1. The van der Waals surface area contributed by atoms with E-state index in [9.17, 15) is 18.0 Å². The number of amides is 1. The number of nitrogens with zero attached hydrogens (tertiary/aromatic N) is 1. The van der Waals surface area contributed by atoms with Gasteiger partial charge in [0.15, 0.2) is 0 Å². The Balaban J connectivity index is 2.52. The standard InChI is InChI=1S/C11H17F3N2O2/c1-18-7-4-9(15)10(17)16-5-2-8(3-6-16)11(12,13)14/h2,9H,3-7,15H2,1H3. The van der Waals surface area contributed by atoms with E-state index < -0.39 is 17.8 Å². The van der Waals surface area contributed by atoms with E-state index in [2.05, 4.69) is 0 Å². The first-order valence-corrected chi connectivity index (χ1v) is 5.65. The predicted molar refractivity (Wildman–Crippen MR) is 59.8 cm³/mol. The van der Waals surface area contributed by atoms with E-state index in [0.717, 1.165) is 6.08 Å². The van der Waals surface area contributed by atoms with Crippen molar-refractivity contribution in [1.29, 1.82) is 0 Å². The number of hydrogen-bond donors (Lipinski definition) is 1. The molecule has 18 heavy (non-hydrogen) atoms. The highest BCUT2D eigenvalue weighted by Gasteiger charge is 2.35. The van der Waals surface area contributed by atoms with Gasteiger partial charge in [0, 0.05) is 32.4 Å². The van der Waals surface area contributed by atoms with Crippen molar-refractivity contribution in [1.82, 2.24) is 4.90 Å². The fraction of sp³-hybridized carbons (Fsp3) is 0.727.